The first-order valence-electron chi connectivity index (χ1n) is 8.73. The van der Waals surface area contributed by atoms with Crippen molar-refractivity contribution in [2.24, 2.45) is 22.7 Å². The minimum atomic E-state index is 0.465. The highest BCUT2D eigenvalue weighted by Crippen LogP contribution is 2.61. The lowest BCUT2D eigenvalue weighted by atomic mass is 9.47. The molecule has 1 fully saturated rings. The average molecular weight is 353 g/mol. The summed E-state index contributed by atoms with van der Waals surface area (Å²) in [5.74, 6) is 1.73. The zero-order valence-electron chi connectivity index (χ0n) is 14.6. The topological polar surface area (TPSA) is 0 Å². The van der Waals surface area contributed by atoms with Gasteiger partial charge < -0.3 is 0 Å². The summed E-state index contributed by atoms with van der Waals surface area (Å²) in [5.41, 5.74) is 4.19. The zero-order valence-corrected chi connectivity index (χ0v) is 16.2. The van der Waals surface area contributed by atoms with E-state index in [2.05, 4.69) is 62.7 Å². The van der Waals surface area contributed by atoms with Crippen molar-refractivity contribution in [3.8, 4) is 0 Å². The molecule has 0 nitrogen and oxygen atoms in total. The number of hydrogen-bond acceptors (Lipinski definition) is 0. The lowest BCUT2D eigenvalue weighted by molar-refractivity contribution is -0.0466. The van der Waals surface area contributed by atoms with Crippen molar-refractivity contribution >= 4 is 15.9 Å². The summed E-state index contributed by atoms with van der Waals surface area (Å²) in [6, 6.07) is 0. The zero-order chi connectivity index (χ0) is 15.7. The Hall–Kier alpha value is -0.0400. The van der Waals surface area contributed by atoms with Gasteiger partial charge in [0, 0.05) is 5.33 Å². The Kier molecular flexibility index (Phi) is 5.45. The van der Waals surface area contributed by atoms with Crippen LogP contribution >= 0.6 is 15.9 Å². The van der Waals surface area contributed by atoms with Crippen molar-refractivity contribution in [2.75, 3.05) is 5.33 Å². The van der Waals surface area contributed by atoms with Gasteiger partial charge in [-0.1, -0.05) is 60.0 Å². The monoisotopic (exact) mass is 352 g/mol. The fourth-order valence-corrected chi connectivity index (χ4v) is 5.59. The van der Waals surface area contributed by atoms with Gasteiger partial charge in [0.15, 0.2) is 0 Å². The van der Waals surface area contributed by atoms with E-state index >= 15 is 0 Å². The number of rotatable bonds is 4. The van der Waals surface area contributed by atoms with Crippen LogP contribution in [0.4, 0.5) is 0 Å². The molecule has 0 radical (unpaired) electrons. The summed E-state index contributed by atoms with van der Waals surface area (Å²) in [7, 11) is 0. The van der Waals surface area contributed by atoms with Crippen molar-refractivity contribution in [3.05, 3.63) is 23.3 Å². The Bertz CT molecular complexity index is 433. The number of fused-ring (bicyclic) bond motifs is 1. The molecule has 0 amide bonds. The Morgan fingerprint density at radius 3 is 2.76 bits per heavy atom. The summed E-state index contributed by atoms with van der Waals surface area (Å²) in [6.07, 6.45) is 13.0. The van der Waals surface area contributed by atoms with Crippen molar-refractivity contribution < 1.29 is 0 Å². The SMILES string of the molecule is CC1=CCC[C@@H]2[C@@](C)(CC/C(C)=C/CBr)[C@H](C)CC[C@@]12C. The molecular weight excluding hydrogens is 320 g/mol. The van der Waals surface area contributed by atoms with Gasteiger partial charge in [0.05, 0.1) is 0 Å². The maximum Gasteiger partial charge on any atom is 0.0214 e. The second-order valence-electron chi connectivity index (χ2n) is 8.08. The smallest absolute Gasteiger partial charge is 0.0214 e. The van der Waals surface area contributed by atoms with E-state index in [9.17, 15) is 0 Å². The van der Waals surface area contributed by atoms with Crippen LogP contribution in [0.25, 0.3) is 0 Å². The lowest BCUT2D eigenvalue weighted by Crippen LogP contribution is -2.49. The molecule has 1 saturated carbocycles. The van der Waals surface area contributed by atoms with Gasteiger partial charge in [-0.15, -0.1) is 0 Å². The number of halogens is 1. The molecule has 0 saturated heterocycles. The molecule has 120 valence electrons. The molecule has 0 unspecified atom stereocenters. The van der Waals surface area contributed by atoms with E-state index in [0.29, 0.717) is 10.8 Å². The highest BCUT2D eigenvalue weighted by molar-refractivity contribution is 9.09. The van der Waals surface area contributed by atoms with Crippen molar-refractivity contribution in [1.29, 1.82) is 0 Å². The van der Waals surface area contributed by atoms with Crippen LogP contribution in [0.2, 0.25) is 0 Å². The van der Waals surface area contributed by atoms with E-state index in [0.717, 1.165) is 17.2 Å². The summed E-state index contributed by atoms with van der Waals surface area (Å²) >= 11 is 3.53. The first-order valence-corrected chi connectivity index (χ1v) is 9.85. The van der Waals surface area contributed by atoms with Crippen LogP contribution in [0, 0.1) is 22.7 Å². The minimum absolute atomic E-state index is 0.465. The van der Waals surface area contributed by atoms with Crippen LogP contribution < -0.4 is 0 Å². The van der Waals surface area contributed by atoms with Crippen LogP contribution in [0.5, 0.6) is 0 Å². The molecule has 0 bridgehead atoms. The van der Waals surface area contributed by atoms with Gasteiger partial charge in [-0.25, -0.2) is 0 Å². The van der Waals surface area contributed by atoms with Crippen LogP contribution in [0.1, 0.15) is 73.1 Å². The first kappa shape index (κ1) is 17.3. The van der Waals surface area contributed by atoms with Crippen LogP contribution in [-0.4, -0.2) is 5.33 Å². The van der Waals surface area contributed by atoms with Gasteiger partial charge in [0.2, 0.25) is 0 Å². The fraction of sp³-hybridized carbons (Fsp3) is 0.800. The molecule has 0 aromatic heterocycles. The van der Waals surface area contributed by atoms with Crippen LogP contribution in [0.3, 0.4) is 0 Å². The molecule has 21 heavy (non-hydrogen) atoms. The maximum atomic E-state index is 3.53. The van der Waals surface area contributed by atoms with Gasteiger partial charge in [-0.05, 0) is 75.0 Å². The molecule has 2 aliphatic rings. The van der Waals surface area contributed by atoms with Crippen LogP contribution in [0.15, 0.2) is 23.3 Å². The molecule has 2 rings (SSSR count). The second kappa shape index (κ2) is 6.60. The Morgan fingerprint density at radius 2 is 2.10 bits per heavy atom. The molecule has 0 heterocycles. The molecular formula is C20H33Br. The molecule has 1 heteroatoms. The van der Waals surface area contributed by atoms with Gasteiger partial charge in [-0.2, -0.15) is 0 Å². The van der Waals surface area contributed by atoms with Crippen LogP contribution in [-0.2, 0) is 0 Å². The third kappa shape index (κ3) is 3.19. The summed E-state index contributed by atoms with van der Waals surface area (Å²) in [4.78, 5) is 0. The number of hydrogen-bond donors (Lipinski definition) is 0. The van der Waals surface area contributed by atoms with E-state index in [4.69, 9.17) is 0 Å². The quantitative estimate of drug-likeness (QED) is 0.381. The molecule has 0 aromatic carbocycles. The molecule has 4 atom stereocenters. The number of alkyl halides is 1. The van der Waals surface area contributed by atoms with Crippen molar-refractivity contribution in [1.82, 2.24) is 0 Å². The summed E-state index contributed by atoms with van der Waals surface area (Å²) in [6.45, 7) is 12.3. The van der Waals surface area contributed by atoms with Gasteiger partial charge >= 0.3 is 0 Å². The third-order valence-electron chi connectivity index (χ3n) is 7.08. The highest BCUT2D eigenvalue weighted by Gasteiger charge is 2.52. The normalized spacial score (nSPS) is 40.7. The standard InChI is InChI=1S/C20H33Br/c1-15(11-14-21)9-12-19(4)17(3)10-13-20(5)16(2)7-6-8-18(19)20/h7,11,17-18H,6,8-10,12-14H2,1-5H3/b15-11+/t17-,18-,19+,20+/m1/s1. The van der Waals surface area contributed by atoms with Crippen molar-refractivity contribution in [3.63, 3.8) is 0 Å². The summed E-state index contributed by atoms with van der Waals surface area (Å²) in [5, 5.41) is 0.994. The van der Waals surface area contributed by atoms with E-state index in [1.165, 1.54) is 38.5 Å². The fourth-order valence-electron chi connectivity index (χ4n) is 5.03. The number of allylic oxidation sites excluding steroid dienone is 4. The Morgan fingerprint density at radius 1 is 1.38 bits per heavy atom. The average Bonchev–Trinajstić information content (AvgIpc) is 2.44. The van der Waals surface area contributed by atoms with E-state index in [-0.39, 0.29) is 0 Å². The van der Waals surface area contributed by atoms with E-state index in [1.807, 2.05) is 0 Å². The predicted molar refractivity (Wildman–Crippen MR) is 97.9 cm³/mol. The molecule has 0 aliphatic heterocycles. The largest absolute Gasteiger partial charge is 0.0883 e. The second-order valence-corrected chi connectivity index (χ2v) is 8.73. The summed E-state index contributed by atoms with van der Waals surface area (Å²) < 4.78 is 0. The highest BCUT2D eigenvalue weighted by atomic mass is 79.9. The van der Waals surface area contributed by atoms with E-state index < -0.39 is 0 Å². The molecule has 2 aliphatic carbocycles. The maximum absolute atomic E-state index is 3.53. The molecule has 0 spiro atoms. The minimum Gasteiger partial charge on any atom is -0.0883 e. The first-order chi connectivity index (χ1) is 9.84. The Balaban J connectivity index is 2.23. The third-order valence-corrected chi connectivity index (χ3v) is 7.40. The Labute approximate surface area is 140 Å². The van der Waals surface area contributed by atoms with Gasteiger partial charge in [0.25, 0.3) is 0 Å². The molecule has 0 aromatic rings. The van der Waals surface area contributed by atoms with Gasteiger partial charge in [-0.3, -0.25) is 0 Å². The van der Waals surface area contributed by atoms with Gasteiger partial charge in [0.1, 0.15) is 0 Å². The van der Waals surface area contributed by atoms with Crippen molar-refractivity contribution in [2.45, 2.75) is 73.1 Å². The molecule has 0 N–H and O–H groups in total. The predicted octanol–water partition coefficient (Wildman–Crippen LogP) is 6.91. The lowest BCUT2D eigenvalue weighted by Gasteiger charge is -2.58. The van der Waals surface area contributed by atoms with E-state index in [1.54, 1.807) is 11.1 Å².